The van der Waals surface area contributed by atoms with E-state index in [0.717, 1.165) is 18.8 Å². The van der Waals surface area contributed by atoms with Crippen LogP contribution >= 0.6 is 0 Å². The molecule has 1 aliphatic heterocycles. The van der Waals surface area contributed by atoms with Gasteiger partial charge in [0.2, 0.25) is 0 Å². The van der Waals surface area contributed by atoms with Crippen LogP contribution < -0.4 is 0 Å². The van der Waals surface area contributed by atoms with Gasteiger partial charge in [0.1, 0.15) is 6.10 Å². The van der Waals surface area contributed by atoms with Gasteiger partial charge in [-0.25, -0.2) is 0 Å². The zero-order valence-electron chi connectivity index (χ0n) is 9.08. The minimum Gasteiger partial charge on any atom is -0.457 e. The number of rotatable bonds is 1. The molecule has 3 aliphatic rings. The Morgan fingerprint density at radius 3 is 2.93 bits per heavy atom. The molecule has 0 amide bonds. The number of hydrogen-bond donors (Lipinski definition) is 0. The smallest absolute Gasteiger partial charge is 0.307 e. The third-order valence-corrected chi connectivity index (χ3v) is 4.55. The van der Waals surface area contributed by atoms with Gasteiger partial charge in [-0.3, -0.25) is 4.79 Å². The average molecular weight is 206 g/mol. The maximum absolute atomic E-state index is 11.5. The van der Waals surface area contributed by atoms with Crippen LogP contribution in [-0.4, -0.2) is 12.1 Å². The maximum atomic E-state index is 11.5. The molecule has 1 saturated carbocycles. The van der Waals surface area contributed by atoms with Gasteiger partial charge in [-0.2, -0.15) is 0 Å². The highest BCUT2D eigenvalue weighted by atomic mass is 16.6. The van der Waals surface area contributed by atoms with Gasteiger partial charge in [-0.1, -0.05) is 18.9 Å². The van der Waals surface area contributed by atoms with Crippen LogP contribution in [-0.2, 0) is 9.53 Å². The van der Waals surface area contributed by atoms with Crippen molar-refractivity contribution in [3.63, 3.8) is 0 Å². The molecule has 2 atom stereocenters. The molecular formula is C13H18O2. The summed E-state index contributed by atoms with van der Waals surface area (Å²) in [6, 6.07) is 0. The lowest BCUT2D eigenvalue weighted by Crippen LogP contribution is -2.38. The van der Waals surface area contributed by atoms with Crippen LogP contribution in [0.3, 0.4) is 0 Å². The highest BCUT2D eigenvalue weighted by molar-refractivity contribution is 5.73. The quantitative estimate of drug-likeness (QED) is 0.487. The van der Waals surface area contributed by atoms with Crippen LogP contribution in [0.25, 0.3) is 0 Å². The Hall–Kier alpha value is -0.790. The number of esters is 1. The Kier molecular flexibility index (Phi) is 2.11. The molecule has 0 spiro atoms. The molecule has 3 rings (SSSR count). The number of carbonyl (C=O) groups excluding carboxylic acids is 1. The second-order valence-electron chi connectivity index (χ2n) is 5.27. The molecule has 1 heterocycles. The second kappa shape index (κ2) is 3.36. The Balaban J connectivity index is 1.92. The normalized spacial score (nSPS) is 40.5. The van der Waals surface area contributed by atoms with Crippen LogP contribution in [0.15, 0.2) is 12.2 Å². The summed E-state index contributed by atoms with van der Waals surface area (Å²) < 4.78 is 5.46. The lowest BCUT2D eigenvalue weighted by molar-refractivity contribution is -0.140. The summed E-state index contributed by atoms with van der Waals surface area (Å²) in [4.78, 5) is 11.5. The fourth-order valence-electron chi connectivity index (χ4n) is 3.78. The lowest BCUT2D eigenvalue weighted by Gasteiger charge is -2.39. The molecule has 15 heavy (non-hydrogen) atoms. The van der Waals surface area contributed by atoms with E-state index < -0.39 is 0 Å². The largest absolute Gasteiger partial charge is 0.457 e. The first-order valence-electron chi connectivity index (χ1n) is 6.17. The summed E-state index contributed by atoms with van der Waals surface area (Å²) in [5, 5.41) is 0. The fourth-order valence-corrected chi connectivity index (χ4v) is 3.78. The van der Waals surface area contributed by atoms with Crippen molar-refractivity contribution in [1.82, 2.24) is 0 Å². The van der Waals surface area contributed by atoms with Crippen LogP contribution in [0.1, 0.15) is 44.9 Å². The van der Waals surface area contributed by atoms with E-state index in [2.05, 4.69) is 12.2 Å². The van der Waals surface area contributed by atoms with Gasteiger partial charge in [-0.05, 0) is 37.7 Å². The summed E-state index contributed by atoms with van der Waals surface area (Å²) in [7, 11) is 0. The maximum Gasteiger partial charge on any atom is 0.307 e. The molecule has 0 unspecified atom stereocenters. The predicted molar refractivity (Wildman–Crippen MR) is 57.3 cm³/mol. The number of fused-ring (bicyclic) bond motifs is 1. The van der Waals surface area contributed by atoms with Gasteiger partial charge >= 0.3 is 5.97 Å². The van der Waals surface area contributed by atoms with Crippen LogP contribution in [0.5, 0.6) is 0 Å². The van der Waals surface area contributed by atoms with Gasteiger partial charge in [-0.15, -0.1) is 0 Å². The van der Waals surface area contributed by atoms with Crippen molar-refractivity contribution in [2.45, 2.75) is 51.0 Å². The van der Waals surface area contributed by atoms with Crippen molar-refractivity contribution in [3.05, 3.63) is 12.2 Å². The van der Waals surface area contributed by atoms with E-state index in [1.165, 1.54) is 25.7 Å². The molecule has 82 valence electrons. The van der Waals surface area contributed by atoms with E-state index >= 15 is 0 Å². The highest BCUT2D eigenvalue weighted by Gasteiger charge is 2.53. The minimum atomic E-state index is 0.0263. The Labute approximate surface area is 90.7 Å². The average Bonchev–Trinajstić information content (AvgIpc) is 2.82. The third-order valence-electron chi connectivity index (χ3n) is 4.55. The standard InChI is InChI=1S/C13H18O2/c14-12-9-13(10-5-1-2-6-10)8-4-3-7-11(13)15-12/h3,7,10-11H,1-2,4-6,8-9H2/t11-,13-/m0/s1. The summed E-state index contributed by atoms with van der Waals surface area (Å²) in [6.45, 7) is 0. The first kappa shape index (κ1) is 9.44. The van der Waals surface area contributed by atoms with E-state index in [-0.39, 0.29) is 17.5 Å². The Bertz CT molecular complexity index is 302. The van der Waals surface area contributed by atoms with Crippen molar-refractivity contribution >= 4 is 5.97 Å². The molecule has 0 aromatic heterocycles. The molecule has 1 saturated heterocycles. The Morgan fingerprint density at radius 1 is 1.33 bits per heavy atom. The molecule has 2 aliphatic carbocycles. The minimum absolute atomic E-state index is 0.0263. The predicted octanol–water partition coefficient (Wildman–Crippen LogP) is 2.83. The van der Waals surface area contributed by atoms with Crippen molar-refractivity contribution < 1.29 is 9.53 Å². The molecule has 0 N–H and O–H groups in total. The zero-order valence-corrected chi connectivity index (χ0v) is 9.08. The van der Waals surface area contributed by atoms with Gasteiger partial charge in [0.25, 0.3) is 0 Å². The van der Waals surface area contributed by atoms with Crippen molar-refractivity contribution in [2.24, 2.45) is 11.3 Å². The Morgan fingerprint density at radius 2 is 2.13 bits per heavy atom. The molecule has 0 bridgehead atoms. The van der Waals surface area contributed by atoms with Crippen LogP contribution in [0, 0.1) is 11.3 Å². The summed E-state index contributed by atoms with van der Waals surface area (Å²) >= 11 is 0. The fraction of sp³-hybridized carbons (Fsp3) is 0.769. The van der Waals surface area contributed by atoms with Crippen molar-refractivity contribution in [3.8, 4) is 0 Å². The topological polar surface area (TPSA) is 26.3 Å². The van der Waals surface area contributed by atoms with Gasteiger partial charge < -0.3 is 4.74 Å². The zero-order chi connectivity index (χ0) is 10.3. The van der Waals surface area contributed by atoms with E-state index in [1.54, 1.807) is 0 Å². The van der Waals surface area contributed by atoms with Gasteiger partial charge in [0, 0.05) is 5.41 Å². The van der Waals surface area contributed by atoms with Crippen molar-refractivity contribution in [1.29, 1.82) is 0 Å². The first-order chi connectivity index (χ1) is 7.31. The number of ether oxygens (including phenoxy) is 1. The second-order valence-corrected chi connectivity index (χ2v) is 5.27. The SMILES string of the molecule is O=C1C[C@]2(C3CCCC3)CCC=C[C@@H]2O1. The molecule has 2 nitrogen and oxygen atoms in total. The van der Waals surface area contributed by atoms with Gasteiger partial charge in [0.15, 0.2) is 0 Å². The number of allylic oxidation sites excluding steroid dienone is 1. The number of carbonyl (C=O) groups is 1. The highest BCUT2D eigenvalue weighted by Crippen LogP contribution is 2.53. The summed E-state index contributed by atoms with van der Waals surface area (Å²) in [5.41, 5.74) is 0.183. The van der Waals surface area contributed by atoms with E-state index in [0.29, 0.717) is 6.42 Å². The molecule has 2 heteroatoms. The summed E-state index contributed by atoms with van der Waals surface area (Å²) in [5.74, 6) is 0.761. The molecular weight excluding hydrogens is 188 g/mol. The molecule has 0 radical (unpaired) electrons. The first-order valence-corrected chi connectivity index (χ1v) is 6.17. The molecule has 0 aromatic carbocycles. The summed E-state index contributed by atoms with van der Waals surface area (Å²) in [6.07, 6.45) is 12.7. The van der Waals surface area contributed by atoms with Crippen LogP contribution in [0.2, 0.25) is 0 Å². The lowest BCUT2D eigenvalue weighted by atomic mass is 9.65. The van der Waals surface area contributed by atoms with Crippen LogP contribution in [0.4, 0.5) is 0 Å². The third kappa shape index (κ3) is 1.34. The van der Waals surface area contributed by atoms with E-state index in [1.807, 2.05) is 0 Å². The van der Waals surface area contributed by atoms with Gasteiger partial charge in [0.05, 0.1) is 6.42 Å². The van der Waals surface area contributed by atoms with E-state index in [4.69, 9.17) is 4.74 Å². The van der Waals surface area contributed by atoms with E-state index in [9.17, 15) is 4.79 Å². The number of hydrogen-bond acceptors (Lipinski definition) is 2. The monoisotopic (exact) mass is 206 g/mol. The molecule has 0 aromatic rings. The van der Waals surface area contributed by atoms with Crippen molar-refractivity contribution in [2.75, 3.05) is 0 Å². The molecule has 2 fully saturated rings.